The fourth-order valence-corrected chi connectivity index (χ4v) is 10.7. The topological polar surface area (TPSA) is 26.0 Å². The van der Waals surface area contributed by atoms with Gasteiger partial charge in [-0.3, -0.25) is 0 Å². The van der Waals surface area contributed by atoms with Gasteiger partial charge in [-0.15, -0.1) is 0 Å². The Morgan fingerprint density at radius 1 is 0.484 bits per heavy atom. The van der Waals surface area contributed by atoms with Crippen LogP contribution in [0.4, 0.5) is 0 Å². The fraction of sp³-hybridized carbons (Fsp3) is 0.379. The van der Waals surface area contributed by atoms with E-state index < -0.39 is 6.60 Å². The van der Waals surface area contributed by atoms with Crippen LogP contribution in [0.2, 0.25) is 0 Å². The van der Waals surface area contributed by atoms with Crippen LogP contribution in [0.5, 0.6) is 0 Å². The van der Waals surface area contributed by atoms with E-state index in [9.17, 15) is 0 Å². The summed E-state index contributed by atoms with van der Waals surface area (Å²) in [5, 5.41) is 4.52. The Labute approximate surface area is 190 Å². The van der Waals surface area contributed by atoms with Gasteiger partial charge >= 0.3 is 190 Å². The summed E-state index contributed by atoms with van der Waals surface area (Å²) < 4.78 is 0. The summed E-state index contributed by atoms with van der Waals surface area (Å²) in [7, 11) is 0. The number of rotatable bonds is 13. The van der Waals surface area contributed by atoms with Gasteiger partial charge in [0.15, 0.2) is 0 Å². The average Bonchev–Trinajstić information content (AvgIpc) is 2.84. The number of unbranched alkanes of at least 4 members (excludes halogenated alkanes) is 7. The molecule has 0 unspecified atom stereocenters. The Bertz CT molecular complexity index is 777. The van der Waals surface area contributed by atoms with Gasteiger partial charge in [-0.25, -0.2) is 0 Å². The van der Waals surface area contributed by atoms with Gasteiger partial charge in [-0.05, 0) is 0 Å². The van der Waals surface area contributed by atoms with Crippen LogP contribution in [0.3, 0.4) is 0 Å². The molecule has 166 valence electrons. The summed E-state index contributed by atoms with van der Waals surface area (Å²) in [6, 6.07) is 33.9. The van der Waals surface area contributed by atoms with Crippen molar-refractivity contribution in [2.24, 2.45) is 5.73 Å². The molecule has 0 heterocycles. The average molecular weight is 434 g/mol. The zero-order valence-corrected chi connectivity index (χ0v) is 20.2. The van der Waals surface area contributed by atoms with Crippen molar-refractivity contribution >= 4 is 22.5 Å². The SMILES string of the molecule is CP(CCCCCCCCCCN)(c1ccccc1)(c1ccccc1)c1ccccc1. The molecule has 1 nitrogen and oxygen atoms in total. The Kier molecular flexibility index (Phi) is 8.88. The monoisotopic (exact) mass is 433 g/mol. The van der Waals surface area contributed by atoms with E-state index >= 15 is 0 Å². The molecular weight excluding hydrogens is 393 g/mol. The maximum absolute atomic E-state index is 5.61. The van der Waals surface area contributed by atoms with Crippen LogP contribution >= 0.6 is 6.60 Å². The van der Waals surface area contributed by atoms with Crippen molar-refractivity contribution in [3.63, 3.8) is 0 Å². The molecule has 0 atom stereocenters. The fourth-order valence-electron chi connectivity index (χ4n) is 5.04. The van der Waals surface area contributed by atoms with E-state index in [0.29, 0.717) is 0 Å². The first kappa shape index (κ1) is 23.7. The van der Waals surface area contributed by atoms with Crippen LogP contribution in [0.25, 0.3) is 0 Å². The Morgan fingerprint density at radius 2 is 0.806 bits per heavy atom. The first-order valence-corrected chi connectivity index (χ1v) is 14.9. The van der Waals surface area contributed by atoms with Gasteiger partial charge in [0.25, 0.3) is 0 Å². The molecule has 0 aliphatic carbocycles. The van der Waals surface area contributed by atoms with Crippen molar-refractivity contribution < 1.29 is 0 Å². The molecule has 0 bridgehead atoms. The molecule has 3 aromatic rings. The normalized spacial score (nSPS) is 12.9. The van der Waals surface area contributed by atoms with E-state index in [2.05, 4.69) is 97.7 Å². The second-order valence-corrected chi connectivity index (χ2v) is 14.7. The number of benzene rings is 3. The van der Waals surface area contributed by atoms with Gasteiger partial charge in [-0.1, -0.05) is 0 Å². The van der Waals surface area contributed by atoms with Crippen LogP contribution in [0.1, 0.15) is 51.4 Å². The standard InChI is InChI=1S/C29H40NP/c1-31(27-19-11-8-12-20-27,28-21-13-9-14-22-28,29-23-15-10-16-24-29)26-18-7-5-3-2-4-6-17-25-30/h8-16,19-24H,2-7,17-18,25-26,30H2,1H3. The van der Waals surface area contributed by atoms with Gasteiger partial charge in [0, 0.05) is 0 Å². The van der Waals surface area contributed by atoms with E-state index in [4.69, 9.17) is 5.73 Å². The second-order valence-electron chi connectivity index (χ2n) is 9.14. The van der Waals surface area contributed by atoms with E-state index in [1.54, 1.807) is 0 Å². The molecule has 0 radical (unpaired) electrons. The maximum atomic E-state index is 5.61. The molecule has 0 fully saturated rings. The van der Waals surface area contributed by atoms with E-state index in [1.165, 1.54) is 73.4 Å². The Hall–Kier alpha value is -1.95. The van der Waals surface area contributed by atoms with Crippen molar-refractivity contribution in [3.8, 4) is 0 Å². The van der Waals surface area contributed by atoms with Crippen LogP contribution in [0.15, 0.2) is 91.0 Å². The summed E-state index contributed by atoms with van der Waals surface area (Å²) in [5.41, 5.74) is 5.61. The molecular formula is C29H40NP. The Balaban J connectivity index is 1.85. The second kappa shape index (κ2) is 11.6. The molecule has 0 aliphatic heterocycles. The minimum atomic E-state index is -2.54. The molecule has 3 rings (SSSR count). The molecule has 3 aromatic carbocycles. The van der Waals surface area contributed by atoms with E-state index in [0.717, 1.165) is 6.54 Å². The van der Waals surface area contributed by atoms with Gasteiger partial charge < -0.3 is 0 Å². The molecule has 0 saturated carbocycles. The minimum absolute atomic E-state index is 0.835. The molecule has 2 N–H and O–H groups in total. The van der Waals surface area contributed by atoms with Crippen LogP contribution in [-0.2, 0) is 0 Å². The van der Waals surface area contributed by atoms with Crippen LogP contribution < -0.4 is 21.6 Å². The van der Waals surface area contributed by atoms with Gasteiger partial charge in [0.2, 0.25) is 0 Å². The number of hydrogen-bond donors (Lipinski definition) is 1. The zero-order valence-electron chi connectivity index (χ0n) is 19.3. The van der Waals surface area contributed by atoms with E-state index in [-0.39, 0.29) is 0 Å². The summed E-state index contributed by atoms with van der Waals surface area (Å²) >= 11 is 0. The predicted molar refractivity (Wildman–Crippen MR) is 142 cm³/mol. The van der Waals surface area contributed by atoms with Crippen molar-refractivity contribution in [1.82, 2.24) is 0 Å². The predicted octanol–water partition coefficient (Wildman–Crippen LogP) is 6.23. The third-order valence-corrected chi connectivity index (χ3v) is 13.6. The molecule has 31 heavy (non-hydrogen) atoms. The molecule has 0 spiro atoms. The summed E-state index contributed by atoms with van der Waals surface area (Å²) in [6.07, 6.45) is 11.7. The summed E-state index contributed by atoms with van der Waals surface area (Å²) in [6.45, 7) is 0.895. The number of nitrogens with two attached hydrogens (primary N) is 1. The molecule has 2 heteroatoms. The van der Waals surface area contributed by atoms with Gasteiger partial charge in [0.1, 0.15) is 0 Å². The first-order chi connectivity index (χ1) is 15.2. The van der Waals surface area contributed by atoms with Gasteiger partial charge in [0.05, 0.1) is 0 Å². The third-order valence-electron chi connectivity index (χ3n) is 7.04. The summed E-state index contributed by atoms with van der Waals surface area (Å²) in [5.74, 6) is 0. The van der Waals surface area contributed by atoms with E-state index in [1.807, 2.05) is 0 Å². The number of hydrogen-bond acceptors (Lipinski definition) is 1. The van der Waals surface area contributed by atoms with Crippen molar-refractivity contribution in [2.75, 3.05) is 19.4 Å². The third kappa shape index (κ3) is 5.46. The molecule has 0 amide bonds. The first-order valence-electron chi connectivity index (χ1n) is 12.1. The molecule has 0 aromatic heterocycles. The summed E-state index contributed by atoms with van der Waals surface area (Å²) in [4.78, 5) is 0. The quantitative estimate of drug-likeness (QED) is 0.251. The van der Waals surface area contributed by atoms with Crippen molar-refractivity contribution in [1.29, 1.82) is 0 Å². The van der Waals surface area contributed by atoms with Crippen LogP contribution in [0, 0.1) is 0 Å². The molecule has 0 aliphatic rings. The Morgan fingerprint density at radius 3 is 1.16 bits per heavy atom. The zero-order chi connectivity index (χ0) is 21.9. The van der Waals surface area contributed by atoms with Crippen LogP contribution in [-0.4, -0.2) is 19.4 Å². The molecule has 0 saturated heterocycles. The van der Waals surface area contributed by atoms with Crippen molar-refractivity contribution in [2.45, 2.75) is 51.4 Å². The van der Waals surface area contributed by atoms with Crippen molar-refractivity contribution in [3.05, 3.63) is 91.0 Å². The van der Waals surface area contributed by atoms with Gasteiger partial charge in [-0.2, -0.15) is 0 Å².